The highest BCUT2D eigenvalue weighted by Crippen LogP contribution is 2.29. The van der Waals surface area contributed by atoms with Crippen LogP contribution in [0.25, 0.3) is 10.2 Å². The molecule has 0 saturated heterocycles. The summed E-state index contributed by atoms with van der Waals surface area (Å²) in [6.07, 6.45) is -4.85. The van der Waals surface area contributed by atoms with Gasteiger partial charge in [0, 0.05) is 19.2 Å². The summed E-state index contributed by atoms with van der Waals surface area (Å²) < 4.78 is 56.4. The maximum Gasteiger partial charge on any atom is 0.490 e. The predicted molar refractivity (Wildman–Crippen MR) is 126 cm³/mol. The number of nitrogens with one attached hydrogen (secondary N) is 1. The first-order valence-electron chi connectivity index (χ1n) is 10.1. The molecule has 37 heavy (non-hydrogen) atoms. The van der Waals surface area contributed by atoms with Crippen molar-refractivity contribution >= 4 is 50.4 Å². The smallest absolute Gasteiger partial charge is 0.475 e. The van der Waals surface area contributed by atoms with Crippen LogP contribution in [0, 0.1) is 11.2 Å². The number of carboxylic acid groups (broad SMARTS) is 1. The second-order valence-corrected chi connectivity index (χ2v) is 8.19. The molecule has 0 aliphatic heterocycles. The van der Waals surface area contributed by atoms with E-state index < -0.39 is 23.9 Å². The zero-order chi connectivity index (χ0) is 27.9. The second-order valence-electron chi connectivity index (χ2n) is 7.18. The molecule has 1 aromatic heterocycles. The zero-order valence-corrected chi connectivity index (χ0v) is 20.1. The first kappa shape index (κ1) is 29.0. The lowest BCUT2D eigenvalue weighted by Gasteiger charge is -2.14. The summed E-state index contributed by atoms with van der Waals surface area (Å²) in [6, 6.07) is 8.53. The van der Waals surface area contributed by atoms with Crippen LogP contribution in [0.1, 0.15) is 22.3 Å². The van der Waals surface area contributed by atoms with Gasteiger partial charge in [0.05, 0.1) is 29.3 Å². The number of hydrogen-bond acceptors (Lipinski definition) is 9. The second kappa shape index (κ2) is 12.1. The molecule has 2 aromatic carbocycles. The Kier molecular flexibility index (Phi) is 9.48. The fourth-order valence-electron chi connectivity index (χ4n) is 2.57. The van der Waals surface area contributed by atoms with Gasteiger partial charge < -0.3 is 25.2 Å². The summed E-state index contributed by atoms with van der Waals surface area (Å²) in [5, 5.41) is 15.1. The Balaban J connectivity index is 0.000000604. The van der Waals surface area contributed by atoms with Crippen LogP contribution in [0.2, 0.25) is 0 Å². The number of nitrogens with two attached hydrogens (primary N) is 1. The molecule has 0 radical (unpaired) electrons. The number of carboxylic acids is 1. The summed E-state index contributed by atoms with van der Waals surface area (Å²) in [7, 11) is 3.15. The number of aromatic nitrogens is 1. The van der Waals surface area contributed by atoms with E-state index in [9.17, 15) is 27.2 Å². The van der Waals surface area contributed by atoms with Gasteiger partial charge in [0.2, 0.25) is 0 Å². The SMILES string of the molecule is COC(=O)CCN(C)c1nc2ccc(C(=O)Oc3ccc(C(=N)N)cc3F)cc2s1.O=C(O)C(F)(F)F. The van der Waals surface area contributed by atoms with Crippen molar-refractivity contribution in [2.45, 2.75) is 12.6 Å². The number of fused-ring (bicyclic) bond motifs is 1. The summed E-state index contributed by atoms with van der Waals surface area (Å²) >= 11 is 1.35. The van der Waals surface area contributed by atoms with E-state index in [4.69, 9.17) is 25.8 Å². The van der Waals surface area contributed by atoms with Crippen molar-refractivity contribution in [3.8, 4) is 5.75 Å². The average Bonchev–Trinajstić information content (AvgIpc) is 3.26. The molecule has 198 valence electrons. The monoisotopic (exact) mass is 544 g/mol. The van der Waals surface area contributed by atoms with E-state index in [1.165, 1.54) is 30.6 Å². The van der Waals surface area contributed by atoms with Gasteiger partial charge in [-0.05, 0) is 36.4 Å². The number of aliphatic carboxylic acids is 1. The van der Waals surface area contributed by atoms with Gasteiger partial charge in [0.1, 0.15) is 5.84 Å². The Morgan fingerprint density at radius 2 is 1.78 bits per heavy atom. The van der Waals surface area contributed by atoms with E-state index in [1.54, 1.807) is 18.2 Å². The zero-order valence-electron chi connectivity index (χ0n) is 19.3. The fourth-order valence-corrected chi connectivity index (χ4v) is 3.56. The number of amidine groups is 1. The van der Waals surface area contributed by atoms with Crippen LogP contribution in [0.4, 0.5) is 22.7 Å². The molecule has 3 rings (SSSR count). The molecule has 4 N–H and O–H groups in total. The molecule has 0 fully saturated rings. The molecule has 0 atom stereocenters. The minimum absolute atomic E-state index is 0.197. The third-order valence-electron chi connectivity index (χ3n) is 4.51. The van der Waals surface area contributed by atoms with Crippen molar-refractivity contribution in [1.29, 1.82) is 5.41 Å². The number of anilines is 1. The first-order valence-corrected chi connectivity index (χ1v) is 10.9. The number of nitrogens with zero attached hydrogens (tertiary/aromatic N) is 2. The minimum atomic E-state index is -5.08. The van der Waals surface area contributed by atoms with E-state index >= 15 is 0 Å². The van der Waals surface area contributed by atoms with Crippen molar-refractivity contribution in [3.63, 3.8) is 0 Å². The van der Waals surface area contributed by atoms with E-state index in [-0.39, 0.29) is 35.1 Å². The van der Waals surface area contributed by atoms with Crippen molar-refractivity contribution in [1.82, 2.24) is 4.98 Å². The molecule has 0 saturated carbocycles. The van der Waals surface area contributed by atoms with Gasteiger partial charge in [0.25, 0.3) is 0 Å². The molecule has 0 amide bonds. The van der Waals surface area contributed by atoms with Gasteiger partial charge in [-0.15, -0.1) is 0 Å². The Labute approximate surface area is 210 Å². The van der Waals surface area contributed by atoms with Gasteiger partial charge in [-0.1, -0.05) is 11.3 Å². The summed E-state index contributed by atoms with van der Waals surface area (Å²) in [5.74, 6) is -5.11. The van der Waals surface area contributed by atoms with E-state index in [0.717, 1.165) is 10.8 Å². The highest BCUT2D eigenvalue weighted by atomic mass is 32.1. The van der Waals surface area contributed by atoms with Gasteiger partial charge in [-0.2, -0.15) is 13.2 Å². The lowest BCUT2D eigenvalue weighted by molar-refractivity contribution is -0.192. The fraction of sp³-hybridized carbons (Fsp3) is 0.227. The van der Waals surface area contributed by atoms with E-state index in [1.807, 2.05) is 11.9 Å². The molecule has 0 aliphatic carbocycles. The van der Waals surface area contributed by atoms with Crippen LogP contribution >= 0.6 is 11.3 Å². The van der Waals surface area contributed by atoms with Gasteiger partial charge in [-0.25, -0.2) is 19.0 Å². The number of carbonyl (C=O) groups excluding carboxylic acids is 2. The molecule has 0 bridgehead atoms. The van der Waals surface area contributed by atoms with Crippen LogP contribution in [0.5, 0.6) is 5.75 Å². The third kappa shape index (κ3) is 8.13. The molecule has 0 spiro atoms. The van der Waals surface area contributed by atoms with Gasteiger partial charge in [0.15, 0.2) is 16.7 Å². The summed E-state index contributed by atoms with van der Waals surface area (Å²) in [6.45, 7) is 0.441. The van der Waals surface area contributed by atoms with Gasteiger partial charge in [-0.3, -0.25) is 10.2 Å². The molecule has 3 aromatic rings. The van der Waals surface area contributed by atoms with Crippen LogP contribution in [-0.4, -0.2) is 60.7 Å². The molecular weight excluding hydrogens is 524 g/mol. The molecule has 0 aliphatic rings. The maximum absolute atomic E-state index is 14.1. The summed E-state index contributed by atoms with van der Waals surface area (Å²) in [5.41, 5.74) is 6.45. The topological polar surface area (TPSA) is 156 Å². The number of benzene rings is 2. The lowest BCUT2D eigenvalue weighted by atomic mass is 10.2. The number of hydrogen-bond donors (Lipinski definition) is 3. The largest absolute Gasteiger partial charge is 0.490 e. The number of esters is 2. The van der Waals surface area contributed by atoms with Gasteiger partial charge >= 0.3 is 24.1 Å². The number of thiazole rings is 1. The molecule has 15 heteroatoms. The molecule has 1 heterocycles. The van der Waals surface area contributed by atoms with Crippen LogP contribution in [0.3, 0.4) is 0 Å². The standard InChI is InChI=1S/C20H19FN4O4S.C2HF3O2/c1-25(8-7-17(26)28-2)20-24-14-5-3-12(10-16(14)30-20)19(27)29-15-6-4-11(18(22)23)9-13(15)21;3-2(4,5)1(6)7/h3-6,9-10H,7-8H2,1-2H3,(H3,22,23);(H,6,7). The molecule has 0 unspecified atom stereocenters. The Morgan fingerprint density at radius 3 is 2.32 bits per heavy atom. The molecular formula is C22H20F4N4O6S. The number of methoxy groups -OCH3 is 1. The van der Waals surface area contributed by atoms with Crippen LogP contribution in [0.15, 0.2) is 36.4 Å². The Morgan fingerprint density at radius 1 is 1.16 bits per heavy atom. The average molecular weight is 544 g/mol. The summed E-state index contributed by atoms with van der Waals surface area (Å²) in [4.78, 5) is 39.0. The predicted octanol–water partition coefficient (Wildman–Crippen LogP) is 3.57. The highest BCUT2D eigenvalue weighted by molar-refractivity contribution is 7.22. The normalized spacial score (nSPS) is 10.8. The number of carbonyl (C=O) groups is 3. The van der Waals surface area contributed by atoms with E-state index in [0.29, 0.717) is 17.2 Å². The number of halogens is 4. The van der Waals surface area contributed by atoms with Crippen molar-refractivity contribution in [3.05, 3.63) is 53.3 Å². The lowest BCUT2D eigenvalue weighted by Crippen LogP contribution is -2.21. The molecule has 10 nitrogen and oxygen atoms in total. The van der Waals surface area contributed by atoms with Crippen LogP contribution in [-0.2, 0) is 14.3 Å². The Hall–Kier alpha value is -4.27. The maximum atomic E-state index is 14.1. The first-order chi connectivity index (χ1) is 17.2. The number of ether oxygens (including phenoxy) is 2. The van der Waals surface area contributed by atoms with Crippen molar-refractivity contribution in [2.24, 2.45) is 5.73 Å². The minimum Gasteiger partial charge on any atom is -0.475 e. The highest BCUT2D eigenvalue weighted by Gasteiger charge is 2.38. The van der Waals surface area contributed by atoms with Crippen molar-refractivity contribution in [2.75, 3.05) is 25.6 Å². The van der Waals surface area contributed by atoms with Crippen LogP contribution < -0.4 is 15.4 Å². The quantitative estimate of drug-likeness (QED) is 0.133. The van der Waals surface area contributed by atoms with Crippen molar-refractivity contribution < 1.29 is 46.5 Å². The van der Waals surface area contributed by atoms with E-state index in [2.05, 4.69) is 9.72 Å². The Bertz CT molecular complexity index is 1330. The number of rotatable bonds is 7. The number of nitrogen functional groups attached to an aromatic ring is 1. The number of alkyl halides is 3. The third-order valence-corrected chi connectivity index (χ3v) is 5.64.